The van der Waals surface area contributed by atoms with Crippen LogP contribution in [0, 0.1) is 0 Å². The van der Waals surface area contributed by atoms with Gasteiger partial charge in [-0.1, -0.05) is 30.0 Å². The molecule has 0 aliphatic heterocycles. The maximum absolute atomic E-state index is 12.4. The fraction of sp³-hybridized carbons (Fsp3) is 0.308. The summed E-state index contributed by atoms with van der Waals surface area (Å²) in [6.45, 7) is 3.74. The summed E-state index contributed by atoms with van der Waals surface area (Å²) in [7, 11) is 0. The van der Waals surface area contributed by atoms with E-state index in [9.17, 15) is 13.6 Å². The van der Waals surface area contributed by atoms with Gasteiger partial charge < -0.3 is 15.3 Å². The van der Waals surface area contributed by atoms with Crippen LogP contribution in [0.25, 0.3) is 0 Å². The normalized spacial score (nSPS) is 10.4. The van der Waals surface area contributed by atoms with Crippen LogP contribution in [0.5, 0.6) is 0 Å². The number of aliphatic hydroxyl groups excluding tert-OH is 1. The molecule has 0 atom stereocenters. The summed E-state index contributed by atoms with van der Waals surface area (Å²) in [6.07, 6.45) is 1.52. The van der Waals surface area contributed by atoms with E-state index >= 15 is 0 Å². The van der Waals surface area contributed by atoms with Gasteiger partial charge in [0.05, 0.1) is 12.3 Å². The Morgan fingerprint density at radius 2 is 2.20 bits per heavy atom. The number of urea groups is 1. The summed E-state index contributed by atoms with van der Waals surface area (Å²) in [5.41, 5.74) is 0.315. The summed E-state index contributed by atoms with van der Waals surface area (Å²) >= 11 is 0.369. The first-order valence-corrected chi connectivity index (χ1v) is 6.78. The lowest BCUT2D eigenvalue weighted by Crippen LogP contribution is -2.37. The summed E-state index contributed by atoms with van der Waals surface area (Å²) < 4.78 is 24.9. The molecule has 0 aliphatic carbocycles. The third kappa shape index (κ3) is 5.18. The molecule has 0 unspecified atom stereocenters. The summed E-state index contributed by atoms with van der Waals surface area (Å²) in [6, 6.07) is 5.86. The third-order valence-corrected chi connectivity index (χ3v) is 3.14. The lowest BCUT2D eigenvalue weighted by molar-refractivity contribution is 0.195. The average molecular weight is 302 g/mol. The number of carbonyl (C=O) groups excluding carboxylic acids is 1. The van der Waals surface area contributed by atoms with Crippen LogP contribution in [-0.2, 0) is 0 Å². The fourth-order valence-corrected chi connectivity index (χ4v) is 2.11. The van der Waals surface area contributed by atoms with Gasteiger partial charge in [0.25, 0.3) is 5.76 Å². The highest BCUT2D eigenvalue weighted by atomic mass is 32.2. The maximum Gasteiger partial charge on any atom is 0.322 e. The van der Waals surface area contributed by atoms with Gasteiger partial charge in [0, 0.05) is 18.0 Å². The number of amides is 2. The molecule has 0 bridgehead atoms. The predicted octanol–water partition coefficient (Wildman–Crippen LogP) is 3.01. The Morgan fingerprint density at radius 3 is 2.80 bits per heavy atom. The van der Waals surface area contributed by atoms with Crippen LogP contribution >= 0.6 is 11.8 Å². The highest BCUT2D eigenvalue weighted by molar-refractivity contribution is 7.99. The maximum atomic E-state index is 12.4. The number of rotatable bonds is 7. The van der Waals surface area contributed by atoms with Gasteiger partial charge in [0.15, 0.2) is 0 Å². The first kappa shape index (κ1) is 16.5. The molecule has 2 N–H and O–H groups in total. The molecule has 0 fully saturated rings. The molecule has 0 spiro atoms. The minimum absolute atomic E-state index is 0.141. The van der Waals surface area contributed by atoms with Crippen molar-refractivity contribution in [1.82, 2.24) is 4.90 Å². The van der Waals surface area contributed by atoms with Crippen molar-refractivity contribution in [1.29, 1.82) is 0 Å². The molecule has 7 heteroatoms. The molecule has 0 aromatic heterocycles. The monoisotopic (exact) mass is 302 g/mol. The number of anilines is 1. The van der Waals surface area contributed by atoms with Crippen molar-refractivity contribution >= 4 is 23.5 Å². The van der Waals surface area contributed by atoms with Crippen molar-refractivity contribution in [2.24, 2.45) is 0 Å². The van der Waals surface area contributed by atoms with Crippen LogP contribution in [0.4, 0.5) is 19.3 Å². The number of halogens is 2. The van der Waals surface area contributed by atoms with Crippen LogP contribution in [-0.4, -0.2) is 41.5 Å². The third-order valence-electron chi connectivity index (χ3n) is 2.35. The number of hydrogen-bond acceptors (Lipinski definition) is 3. The highest BCUT2D eigenvalue weighted by Gasteiger charge is 2.15. The molecule has 1 rings (SSSR count). The number of para-hydroxylation sites is 1. The van der Waals surface area contributed by atoms with E-state index < -0.39 is 11.8 Å². The van der Waals surface area contributed by atoms with Crippen molar-refractivity contribution in [3.63, 3.8) is 0 Å². The number of benzene rings is 1. The van der Waals surface area contributed by atoms with Gasteiger partial charge in [0.2, 0.25) is 0 Å². The highest BCUT2D eigenvalue weighted by Crippen LogP contribution is 2.31. The second kappa shape index (κ2) is 8.55. The summed E-state index contributed by atoms with van der Waals surface area (Å²) in [5.74, 6) is -2.56. The van der Waals surface area contributed by atoms with E-state index in [-0.39, 0.29) is 19.7 Å². The number of thioether (sulfide) groups is 1. The standard InChI is InChI=1S/C13H16F2N2O2S/c1-2-7-17(8-9-18)13(19)16-10-5-3-4-6-11(10)20-12(14)15/h2-6,12,18H,1,7-9H2,(H,16,19). The summed E-state index contributed by atoms with van der Waals surface area (Å²) in [4.78, 5) is 13.6. The molecule has 0 heterocycles. The van der Waals surface area contributed by atoms with Gasteiger partial charge in [-0.25, -0.2) is 4.79 Å². The lowest BCUT2D eigenvalue weighted by atomic mass is 10.3. The zero-order valence-corrected chi connectivity index (χ0v) is 11.6. The van der Waals surface area contributed by atoms with Crippen LogP contribution in [0.1, 0.15) is 0 Å². The van der Waals surface area contributed by atoms with Gasteiger partial charge in [-0.2, -0.15) is 8.78 Å². The molecule has 20 heavy (non-hydrogen) atoms. The molecule has 0 radical (unpaired) electrons. The van der Waals surface area contributed by atoms with E-state index in [1.807, 2.05) is 0 Å². The van der Waals surface area contributed by atoms with E-state index in [0.717, 1.165) is 0 Å². The predicted molar refractivity (Wildman–Crippen MR) is 76.2 cm³/mol. The Labute approximate surface area is 120 Å². The van der Waals surface area contributed by atoms with Crippen molar-refractivity contribution in [3.8, 4) is 0 Å². The lowest BCUT2D eigenvalue weighted by Gasteiger charge is -2.21. The molecule has 0 saturated carbocycles. The fourth-order valence-electron chi connectivity index (χ4n) is 1.52. The molecular weight excluding hydrogens is 286 g/mol. The largest absolute Gasteiger partial charge is 0.395 e. The number of carbonyl (C=O) groups is 1. The second-order valence-corrected chi connectivity index (χ2v) is 4.79. The van der Waals surface area contributed by atoms with E-state index in [2.05, 4.69) is 11.9 Å². The molecule has 1 aromatic carbocycles. The Morgan fingerprint density at radius 1 is 1.50 bits per heavy atom. The molecule has 0 saturated heterocycles. The van der Waals surface area contributed by atoms with Gasteiger partial charge in [-0.15, -0.1) is 6.58 Å². The minimum atomic E-state index is -2.56. The molecule has 4 nitrogen and oxygen atoms in total. The number of nitrogens with one attached hydrogen (secondary N) is 1. The van der Waals surface area contributed by atoms with Crippen molar-refractivity contribution < 1.29 is 18.7 Å². The quantitative estimate of drug-likeness (QED) is 0.601. The van der Waals surface area contributed by atoms with Crippen LogP contribution < -0.4 is 5.32 Å². The first-order valence-electron chi connectivity index (χ1n) is 5.90. The molecule has 0 aliphatic rings. The summed E-state index contributed by atoms with van der Waals surface area (Å²) in [5, 5.41) is 11.5. The Bertz CT molecular complexity index is 458. The van der Waals surface area contributed by atoms with Crippen LogP contribution in [0.3, 0.4) is 0 Å². The van der Waals surface area contributed by atoms with Crippen molar-refractivity contribution in [2.45, 2.75) is 10.7 Å². The second-order valence-electron chi connectivity index (χ2n) is 3.76. The molecular formula is C13H16F2N2O2S. The van der Waals surface area contributed by atoms with Crippen LogP contribution in [0.2, 0.25) is 0 Å². The molecule has 1 aromatic rings. The average Bonchev–Trinajstić information content (AvgIpc) is 2.40. The Hall–Kier alpha value is -1.60. The number of hydrogen-bond donors (Lipinski definition) is 2. The number of nitrogens with zero attached hydrogens (tertiary/aromatic N) is 1. The SMILES string of the molecule is C=CCN(CCO)C(=O)Nc1ccccc1SC(F)F. The number of alkyl halides is 2. The van der Waals surface area contributed by atoms with Gasteiger partial charge in [-0.3, -0.25) is 0 Å². The topological polar surface area (TPSA) is 52.6 Å². The van der Waals surface area contributed by atoms with E-state index in [0.29, 0.717) is 22.3 Å². The smallest absolute Gasteiger partial charge is 0.322 e. The van der Waals surface area contributed by atoms with E-state index in [1.54, 1.807) is 18.2 Å². The van der Waals surface area contributed by atoms with Gasteiger partial charge >= 0.3 is 6.03 Å². The van der Waals surface area contributed by atoms with Gasteiger partial charge in [-0.05, 0) is 12.1 Å². The molecule has 110 valence electrons. The minimum Gasteiger partial charge on any atom is -0.395 e. The molecule has 2 amide bonds. The van der Waals surface area contributed by atoms with E-state index in [4.69, 9.17) is 5.11 Å². The Balaban J connectivity index is 2.80. The van der Waals surface area contributed by atoms with Crippen molar-refractivity contribution in [2.75, 3.05) is 25.0 Å². The zero-order valence-electron chi connectivity index (χ0n) is 10.8. The van der Waals surface area contributed by atoms with Crippen LogP contribution in [0.15, 0.2) is 41.8 Å². The van der Waals surface area contributed by atoms with Crippen molar-refractivity contribution in [3.05, 3.63) is 36.9 Å². The van der Waals surface area contributed by atoms with E-state index in [1.165, 1.54) is 17.0 Å². The Kier molecular flexibility index (Phi) is 7.03. The van der Waals surface area contributed by atoms with Gasteiger partial charge in [0.1, 0.15) is 0 Å². The first-order chi connectivity index (χ1) is 9.58. The number of aliphatic hydroxyl groups is 1. The zero-order chi connectivity index (χ0) is 15.0.